The number of benzene rings is 3. The average Bonchev–Trinajstić information content (AvgIpc) is 2.82. The van der Waals surface area contributed by atoms with Gasteiger partial charge in [-0.1, -0.05) is 54.9 Å². The number of rotatable bonds is 11. The Morgan fingerprint density at radius 1 is 1.03 bits per heavy atom. The number of para-hydroxylation sites is 1. The number of hydrogen-bond acceptors (Lipinski definition) is 3. The van der Waals surface area contributed by atoms with Gasteiger partial charge in [-0.2, -0.15) is 0 Å². The van der Waals surface area contributed by atoms with Crippen LogP contribution in [0.1, 0.15) is 44.7 Å². The van der Waals surface area contributed by atoms with Crippen molar-refractivity contribution in [1.29, 1.82) is 0 Å². The Morgan fingerprint density at radius 2 is 1.74 bits per heavy atom. The molecule has 1 atom stereocenters. The lowest BCUT2D eigenvalue weighted by Crippen LogP contribution is -2.23. The van der Waals surface area contributed by atoms with Crippen LogP contribution in [0.15, 0.2) is 83.9 Å². The van der Waals surface area contributed by atoms with Crippen LogP contribution in [-0.4, -0.2) is 12.4 Å². The van der Waals surface area contributed by atoms with Gasteiger partial charge in [0.25, 0.3) is 0 Å². The van der Waals surface area contributed by atoms with Gasteiger partial charge in [-0.3, -0.25) is 4.79 Å². The maximum absolute atomic E-state index is 14.3. The lowest BCUT2D eigenvalue weighted by atomic mass is 9.77. The number of carbonyl (C=O) groups is 1. The van der Waals surface area contributed by atoms with Crippen molar-refractivity contribution in [3.63, 3.8) is 0 Å². The second-order valence-corrected chi connectivity index (χ2v) is 9.11. The quantitative estimate of drug-likeness (QED) is 0.206. The molecule has 3 aromatic rings. The zero-order valence-electron chi connectivity index (χ0n) is 19.8. The van der Waals surface area contributed by atoms with E-state index in [0.29, 0.717) is 29.9 Å². The number of aldehydes is 1. The van der Waals surface area contributed by atoms with E-state index in [1.54, 1.807) is 24.3 Å². The zero-order valence-corrected chi connectivity index (χ0v) is 20.5. The molecule has 0 aliphatic heterocycles. The molecule has 0 spiro atoms. The Bertz CT molecular complexity index is 1110. The van der Waals surface area contributed by atoms with Crippen molar-refractivity contribution in [1.82, 2.24) is 0 Å². The van der Waals surface area contributed by atoms with Gasteiger partial charge in [-0.05, 0) is 86.7 Å². The van der Waals surface area contributed by atoms with E-state index >= 15 is 0 Å². The van der Waals surface area contributed by atoms with E-state index in [9.17, 15) is 9.18 Å². The van der Waals surface area contributed by atoms with E-state index in [0.717, 1.165) is 23.3 Å². The number of allylic oxidation sites excluding steroid dienone is 2. The monoisotopic (exact) mass is 480 g/mol. The van der Waals surface area contributed by atoms with Gasteiger partial charge in [0.2, 0.25) is 0 Å². The highest BCUT2D eigenvalue weighted by Crippen LogP contribution is 2.40. The first-order valence-electron chi connectivity index (χ1n) is 11.4. The summed E-state index contributed by atoms with van der Waals surface area (Å²) >= 11 is 6.59. The average molecular weight is 481 g/mol. The molecule has 34 heavy (non-hydrogen) atoms. The third kappa shape index (κ3) is 6.71. The summed E-state index contributed by atoms with van der Waals surface area (Å²) in [6.07, 6.45) is 4.39. The molecule has 3 aromatic carbocycles. The molecular formula is C29H30ClFO3. The number of aryl methyl sites for hydroxylation is 1. The van der Waals surface area contributed by atoms with Crippen LogP contribution < -0.4 is 9.47 Å². The first kappa shape index (κ1) is 25.5. The summed E-state index contributed by atoms with van der Waals surface area (Å²) in [5.41, 5.74) is 1.42. The molecule has 0 saturated heterocycles. The molecule has 0 heterocycles. The van der Waals surface area contributed by atoms with E-state index in [-0.39, 0.29) is 11.9 Å². The van der Waals surface area contributed by atoms with Gasteiger partial charge in [0.05, 0.1) is 6.10 Å². The maximum atomic E-state index is 14.3. The molecule has 0 fully saturated rings. The molecule has 5 heteroatoms. The first-order chi connectivity index (χ1) is 16.3. The summed E-state index contributed by atoms with van der Waals surface area (Å²) in [7, 11) is 0. The first-order valence-corrected chi connectivity index (χ1v) is 11.8. The van der Waals surface area contributed by atoms with Crippen molar-refractivity contribution in [3.05, 3.63) is 101 Å². The molecule has 0 amide bonds. The summed E-state index contributed by atoms with van der Waals surface area (Å²) in [5.74, 6) is 1.17. The molecule has 0 aromatic heterocycles. The summed E-state index contributed by atoms with van der Waals surface area (Å²) in [6, 6.07) is 21.9. The topological polar surface area (TPSA) is 35.5 Å². The normalized spacial score (nSPS) is 13.4. The van der Waals surface area contributed by atoms with Crippen LogP contribution in [0, 0.1) is 5.82 Å². The Labute approximate surface area is 206 Å². The number of halogens is 2. The van der Waals surface area contributed by atoms with Gasteiger partial charge in [0.15, 0.2) is 11.6 Å². The molecule has 3 nitrogen and oxygen atoms in total. The van der Waals surface area contributed by atoms with Crippen LogP contribution in [0.4, 0.5) is 4.39 Å². The fraction of sp³-hybridized carbons (Fsp3) is 0.276. The summed E-state index contributed by atoms with van der Waals surface area (Å²) < 4.78 is 25.8. The molecule has 0 aliphatic rings. The molecule has 178 valence electrons. The van der Waals surface area contributed by atoms with Gasteiger partial charge in [-0.15, -0.1) is 0 Å². The predicted octanol–water partition coefficient (Wildman–Crippen LogP) is 8.01. The number of carbonyl (C=O) groups excluding carboxylic acids is 1. The molecule has 1 unspecified atom stereocenters. The van der Waals surface area contributed by atoms with Crippen LogP contribution >= 0.6 is 11.6 Å². The summed E-state index contributed by atoms with van der Waals surface area (Å²) in [5, 5.41) is 0.479. The van der Waals surface area contributed by atoms with Gasteiger partial charge in [-0.25, -0.2) is 4.39 Å². The minimum Gasteiger partial charge on any atom is -0.491 e. The van der Waals surface area contributed by atoms with E-state index in [1.807, 2.05) is 63.2 Å². The molecule has 0 saturated carbocycles. The summed E-state index contributed by atoms with van der Waals surface area (Å²) in [4.78, 5) is 11.2. The number of ether oxygens (including phenoxy) is 2. The van der Waals surface area contributed by atoms with Crippen molar-refractivity contribution in [2.24, 2.45) is 0 Å². The van der Waals surface area contributed by atoms with Crippen LogP contribution in [-0.2, 0) is 16.6 Å². The molecule has 3 rings (SSSR count). The van der Waals surface area contributed by atoms with Crippen molar-refractivity contribution >= 4 is 17.9 Å². The third-order valence-corrected chi connectivity index (χ3v) is 6.26. The highest BCUT2D eigenvalue weighted by molar-refractivity contribution is 6.31. The van der Waals surface area contributed by atoms with Crippen molar-refractivity contribution < 1.29 is 18.7 Å². The lowest BCUT2D eigenvalue weighted by Gasteiger charge is -2.30. The molecule has 0 aliphatic carbocycles. The Hall–Kier alpha value is -3.11. The van der Waals surface area contributed by atoms with Crippen LogP contribution in [0.3, 0.4) is 0 Å². The molecule has 0 N–H and O–H groups in total. The predicted molar refractivity (Wildman–Crippen MR) is 135 cm³/mol. The third-order valence-electron chi connectivity index (χ3n) is 5.71. The van der Waals surface area contributed by atoms with Crippen molar-refractivity contribution in [2.75, 3.05) is 0 Å². The highest BCUT2D eigenvalue weighted by atomic mass is 35.5. The van der Waals surface area contributed by atoms with Crippen LogP contribution in [0.2, 0.25) is 0 Å². The SMILES string of the molecule is CC(C)Oc1ccc(C(C)(CCCc2ccc(F)c(Oc3ccccc3)c2)C(Cl)=CC=O)cc1. The smallest absolute Gasteiger partial charge is 0.165 e. The van der Waals surface area contributed by atoms with E-state index in [1.165, 1.54) is 12.1 Å². The fourth-order valence-electron chi connectivity index (χ4n) is 3.86. The van der Waals surface area contributed by atoms with Gasteiger partial charge in [0, 0.05) is 10.4 Å². The molecular weight excluding hydrogens is 451 g/mol. The second kappa shape index (κ2) is 11.8. The van der Waals surface area contributed by atoms with Gasteiger partial charge >= 0.3 is 0 Å². The number of hydrogen-bond donors (Lipinski definition) is 0. The van der Waals surface area contributed by atoms with Gasteiger partial charge < -0.3 is 9.47 Å². The molecule has 0 bridgehead atoms. The Balaban J connectivity index is 1.74. The van der Waals surface area contributed by atoms with E-state index in [4.69, 9.17) is 21.1 Å². The minimum atomic E-state index is -0.539. The second-order valence-electron chi connectivity index (χ2n) is 8.71. The van der Waals surface area contributed by atoms with Crippen molar-refractivity contribution in [3.8, 4) is 17.2 Å². The van der Waals surface area contributed by atoms with E-state index < -0.39 is 11.2 Å². The fourth-order valence-corrected chi connectivity index (χ4v) is 4.12. The van der Waals surface area contributed by atoms with Crippen LogP contribution in [0.5, 0.6) is 17.2 Å². The zero-order chi connectivity index (χ0) is 24.6. The van der Waals surface area contributed by atoms with Gasteiger partial charge in [0.1, 0.15) is 17.8 Å². The van der Waals surface area contributed by atoms with E-state index in [2.05, 4.69) is 0 Å². The lowest BCUT2D eigenvalue weighted by molar-refractivity contribution is -0.104. The standard InChI is InChI=1S/C29H30ClFO3/c1-21(2)33-25-14-12-23(13-15-25)29(3,28(30)17-19-32)18-7-8-22-11-16-26(31)27(20-22)34-24-9-5-4-6-10-24/h4-6,9-17,19-21H,7-8,18H2,1-3H3. The summed E-state index contributed by atoms with van der Waals surface area (Å²) in [6.45, 7) is 5.99. The Morgan fingerprint density at radius 3 is 2.38 bits per heavy atom. The molecule has 0 radical (unpaired) electrons. The van der Waals surface area contributed by atoms with Crippen LogP contribution in [0.25, 0.3) is 0 Å². The largest absolute Gasteiger partial charge is 0.491 e. The van der Waals surface area contributed by atoms with Crippen molar-refractivity contribution in [2.45, 2.75) is 51.6 Å². The maximum Gasteiger partial charge on any atom is 0.165 e. The minimum absolute atomic E-state index is 0.0854. The highest BCUT2D eigenvalue weighted by Gasteiger charge is 2.30. The Kier molecular flexibility index (Phi) is 8.89.